The lowest BCUT2D eigenvalue weighted by molar-refractivity contribution is 0.561. The smallest absolute Gasteiger partial charge is 0.0315 e. The molecular weight excluding hydrogens is 172 g/mol. The first-order valence-electron chi connectivity index (χ1n) is 4.91. The molecule has 0 saturated carbocycles. The fourth-order valence-electron chi connectivity index (χ4n) is 1.26. The molecule has 1 rings (SSSR count). The lowest BCUT2D eigenvalue weighted by Crippen LogP contribution is -2.19. The molecule has 1 aromatic heterocycles. The molecule has 0 radical (unpaired) electrons. The highest BCUT2D eigenvalue weighted by molar-refractivity contribution is 5.12. The van der Waals surface area contributed by atoms with Crippen molar-refractivity contribution in [1.29, 1.82) is 0 Å². The molecule has 0 aliphatic rings. The Morgan fingerprint density at radius 1 is 1.64 bits per heavy atom. The van der Waals surface area contributed by atoms with Gasteiger partial charge < -0.3 is 5.32 Å². The first-order chi connectivity index (χ1) is 6.84. The Labute approximate surface area is 85.8 Å². The van der Waals surface area contributed by atoms with Crippen molar-refractivity contribution in [2.75, 3.05) is 6.54 Å². The number of aromatic nitrogens is 1. The summed E-state index contributed by atoms with van der Waals surface area (Å²) in [7, 11) is 0. The van der Waals surface area contributed by atoms with Crippen molar-refractivity contribution in [1.82, 2.24) is 10.3 Å². The minimum atomic E-state index is 0.349. The van der Waals surface area contributed by atoms with Crippen LogP contribution in [0.2, 0.25) is 0 Å². The van der Waals surface area contributed by atoms with Crippen LogP contribution in [0.3, 0.4) is 0 Å². The van der Waals surface area contributed by atoms with Gasteiger partial charge >= 0.3 is 0 Å². The minimum absolute atomic E-state index is 0.349. The Kier molecular flexibility index (Phi) is 4.74. The summed E-state index contributed by atoms with van der Waals surface area (Å²) in [5.41, 5.74) is 1.22. The molecule has 0 amide bonds. The fraction of sp³-hybridized carbons (Fsp3) is 0.417. The van der Waals surface area contributed by atoms with Gasteiger partial charge in [0.15, 0.2) is 0 Å². The van der Waals surface area contributed by atoms with Gasteiger partial charge in [-0.25, -0.2) is 0 Å². The minimum Gasteiger partial charge on any atom is -0.310 e. The summed E-state index contributed by atoms with van der Waals surface area (Å²) >= 11 is 0. The summed E-state index contributed by atoms with van der Waals surface area (Å²) in [5.74, 6) is 2.63. The normalized spacial score (nSPS) is 12.0. The summed E-state index contributed by atoms with van der Waals surface area (Å²) in [6.45, 7) is 3.09. The van der Waals surface area contributed by atoms with Gasteiger partial charge in [-0.05, 0) is 31.5 Å². The lowest BCUT2D eigenvalue weighted by atomic mass is 10.1. The molecule has 1 heterocycles. The van der Waals surface area contributed by atoms with E-state index < -0.39 is 0 Å². The number of unbranched alkanes of at least 4 members (excludes halogenated alkanes) is 1. The van der Waals surface area contributed by atoms with Gasteiger partial charge in [0.25, 0.3) is 0 Å². The molecule has 2 nitrogen and oxygen atoms in total. The van der Waals surface area contributed by atoms with Crippen LogP contribution in [0.4, 0.5) is 0 Å². The largest absolute Gasteiger partial charge is 0.310 e. The third-order valence-electron chi connectivity index (χ3n) is 2.13. The quantitative estimate of drug-likeness (QED) is 0.565. The van der Waals surface area contributed by atoms with E-state index in [2.05, 4.69) is 29.2 Å². The topological polar surface area (TPSA) is 24.9 Å². The number of nitrogens with one attached hydrogen (secondary N) is 1. The number of hydrogen-bond donors (Lipinski definition) is 1. The Balaban J connectivity index is 2.29. The van der Waals surface area contributed by atoms with E-state index in [0.717, 1.165) is 19.4 Å². The molecule has 0 spiro atoms. The summed E-state index contributed by atoms with van der Waals surface area (Å²) < 4.78 is 0. The molecule has 0 aliphatic heterocycles. The van der Waals surface area contributed by atoms with E-state index in [-0.39, 0.29) is 0 Å². The van der Waals surface area contributed by atoms with Crippen molar-refractivity contribution in [2.45, 2.75) is 25.8 Å². The van der Waals surface area contributed by atoms with E-state index >= 15 is 0 Å². The van der Waals surface area contributed by atoms with Crippen LogP contribution in [0.25, 0.3) is 0 Å². The van der Waals surface area contributed by atoms with E-state index in [4.69, 9.17) is 6.42 Å². The van der Waals surface area contributed by atoms with Gasteiger partial charge in [0.05, 0.1) is 0 Å². The van der Waals surface area contributed by atoms with Gasteiger partial charge in [0.1, 0.15) is 0 Å². The summed E-state index contributed by atoms with van der Waals surface area (Å²) in [5, 5.41) is 3.40. The zero-order valence-electron chi connectivity index (χ0n) is 8.53. The highest BCUT2D eigenvalue weighted by Gasteiger charge is 2.02. The van der Waals surface area contributed by atoms with E-state index in [1.54, 1.807) is 6.20 Å². The van der Waals surface area contributed by atoms with Crippen molar-refractivity contribution < 1.29 is 0 Å². The SMILES string of the molecule is C#CCCCN[C@@H](C)c1cccnc1. The second kappa shape index (κ2) is 6.17. The Morgan fingerprint density at radius 3 is 3.14 bits per heavy atom. The maximum atomic E-state index is 5.17. The van der Waals surface area contributed by atoms with Gasteiger partial charge in [0.2, 0.25) is 0 Å². The Morgan fingerprint density at radius 2 is 2.50 bits per heavy atom. The van der Waals surface area contributed by atoms with E-state index in [0.29, 0.717) is 6.04 Å². The molecule has 1 N–H and O–H groups in total. The molecule has 2 heteroatoms. The van der Waals surface area contributed by atoms with E-state index in [1.165, 1.54) is 5.56 Å². The molecule has 1 aromatic rings. The molecule has 0 aliphatic carbocycles. The molecule has 0 unspecified atom stereocenters. The standard InChI is InChI=1S/C12H16N2/c1-3-4-5-9-14-11(2)12-7-6-8-13-10-12/h1,6-8,10-11,14H,4-5,9H2,2H3/t11-/m0/s1. The highest BCUT2D eigenvalue weighted by Crippen LogP contribution is 2.09. The second-order valence-corrected chi connectivity index (χ2v) is 3.27. The second-order valence-electron chi connectivity index (χ2n) is 3.27. The zero-order chi connectivity index (χ0) is 10.2. The zero-order valence-corrected chi connectivity index (χ0v) is 8.53. The van der Waals surface area contributed by atoms with Crippen molar-refractivity contribution in [2.24, 2.45) is 0 Å². The molecule has 0 saturated heterocycles. The molecule has 0 fully saturated rings. The number of nitrogens with zero attached hydrogens (tertiary/aromatic N) is 1. The average Bonchev–Trinajstić information content (AvgIpc) is 2.25. The predicted octanol–water partition coefficient (Wildman–Crippen LogP) is 2.15. The van der Waals surface area contributed by atoms with Crippen LogP contribution in [-0.4, -0.2) is 11.5 Å². The van der Waals surface area contributed by atoms with Gasteiger partial charge in [-0.15, -0.1) is 12.3 Å². The van der Waals surface area contributed by atoms with Crippen LogP contribution in [0, 0.1) is 12.3 Å². The first-order valence-corrected chi connectivity index (χ1v) is 4.91. The van der Waals surface area contributed by atoms with Gasteiger partial charge in [-0.2, -0.15) is 0 Å². The van der Waals surface area contributed by atoms with Crippen LogP contribution in [0.5, 0.6) is 0 Å². The van der Waals surface area contributed by atoms with Crippen LogP contribution in [-0.2, 0) is 0 Å². The van der Waals surface area contributed by atoms with Crippen LogP contribution < -0.4 is 5.32 Å². The molecular formula is C12H16N2. The number of pyridine rings is 1. The molecule has 14 heavy (non-hydrogen) atoms. The fourth-order valence-corrected chi connectivity index (χ4v) is 1.26. The average molecular weight is 188 g/mol. The molecule has 1 atom stereocenters. The van der Waals surface area contributed by atoms with E-state index in [9.17, 15) is 0 Å². The predicted molar refractivity (Wildman–Crippen MR) is 58.7 cm³/mol. The van der Waals surface area contributed by atoms with Crippen molar-refractivity contribution in [3.63, 3.8) is 0 Å². The third-order valence-corrected chi connectivity index (χ3v) is 2.13. The molecule has 0 aromatic carbocycles. The van der Waals surface area contributed by atoms with Crippen molar-refractivity contribution in [3.05, 3.63) is 30.1 Å². The summed E-state index contributed by atoms with van der Waals surface area (Å²) in [6.07, 6.45) is 10.7. The van der Waals surface area contributed by atoms with Crippen molar-refractivity contribution in [3.8, 4) is 12.3 Å². The van der Waals surface area contributed by atoms with Crippen LogP contribution >= 0.6 is 0 Å². The number of rotatable bonds is 5. The maximum Gasteiger partial charge on any atom is 0.0315 e. The highest BCUT2D eigenvalue weighted by atomic mass is 14.9. The first kappa shape index (κ1) is 10.7. The monoisotopic (exact) mass is 188 g/mol. The van der Waals surface area contributed by atoms with Gasteiger partial charge in [0, 0.05) is 24.9 Å². The maximum absolute atomic E-state index is 5.17. The number of hydrogen-bond acceptors (Lipinski definition) is 2. The third kappa shape index (κ3) is 3.59. The van der Waals surface area contributed by atoms with Crippen molar-refractivity contribution >= 4 is 0 Å². The van der Waals surface area contributed by atoms with E-state index in [1.807, 2.05) is 12.3 Å². The molecule has 0 bridgehead atoms. The number of terminal acetylenes is 1. The Hall–Kier alpha value is -1.33. The van der Waals surface area contributed by atoms with Gasteiger partial charge in [-0.3, -0.25) is 4.98 Å². The Bertz CT molecular complexity index is 287. The lowest BCUT2D eigenvalue weighted by Gasteiger charge is -2.12. The summed E-state index contributed by atoms with van der Waals surface area (Å²) in [4.78, 5) is 4.08. The molecule has 74 valence electrons. The van der Waals surface area contributed by atoms with Gasteiger partial charge in [-0.1, -0.05) is 6.07 Å². The summed E-state index contributed by atoms with van der Waals surface area (Å²) in [6, 6.07) is 4.38. The van der Waals surface area contributed by atoms with Crippen LogP contribution in [0.1, 0.15) is 31.4 Å². The van der Waals surface area contributed by atoms with Crippen LogP contribution in [0.15, 0.2) is 24.5 Å².